The summed E-state index contributed by atoms with van der Waals surface area (Å²) < 4.78 is 5.40. The van der Waals surface area contributed by atoms with Gasteiger partial charge in [-0.25, -0.2) is 0 Å². The van der Waals surface area contributed by atoms with Gasteiger partial charge in [0.1, 0.15) is 11.4 Å². The Hall–Kier alpha value is -1.23. The van der Waals surface area contributed by atoms with E-state index in [1.54, 1.807) is 18.3 Å². The van der Waals surface area contributed by atoms with Gasteiger partial charge in [-0.2, -0.15) is 5.10 Å². The maximum Gasteiger partial charge on any atom is 0.202 e. The Morgan fingerprint density at radius 3 is 2.83 bits per heavy atom. The van der Waals surface area contributed by atoms with Crippen molar-refractivity contribution >= 4 is 15.9 Å². The predicted molar refractivity (Wildman–Crippen MR) is 45.2 cm³/mol. The van der Waals surface area contributed by atoms with Crippen LogP contribution in [0.5, 0.6) is 0 Å². The van der Waals surface area contributed by atoms with Crippen molar-refractivity contribution in [3.8, 4) is 11.4 Å². The molecular weight excluding hydrogens is 222 g/mol. The van der Waals surface area contributed by atoms with Crippen LogP contribution in [0, 0.1) is 0 Å². The zero-order valence-electron chi connectivity index (χ0n) is 5.94. The van der Waals surface area contributed by atoms with Crippen molar-refractivity contribution in [2.75, 3.05) is 0 Å². The first kappa shape index (κ1) is 7.42. The van der Waals surface area contributed by atoms with Crippen molar-refractivity contribution in [1.29, 1.82) is 0 Å². The molecule has 0 fully saturated rings. The van der Waals surface area contributed by atoms with Crippen molar-refractivity contribution in [2.45, 2.75) is 0 Å². The lowest BCUT2D eigenvalue weighted by Crippen LogP contribution is -1.84. The fourth-order valence-electron chi connectivity index (χ4n) is 0.812. The van der Waals surface area contributed by atoms with Crippen molar-refractivity contribution < 1.29 is 4.52 Å². The summed E-state index contributed by atoms with van der Waals surface area (Å²) in [6.45, 7) is 0. The van der Waals surface area contributed by atoms with Crippen LogP contribution in [0.2, 0.25) is 0 Å². The summed E-state index contributed by atoms with van der Waals surface area (Å²) in [5.41, 5.74) is 1.38. The monoisotopic (exact) mass is 225 g/mol. The summed E-state index contributed by atoms with van der Waals surface area (Å²) in [4.78, 5) is 0. The fourth-order valence-corrected chi connectivity index (χ4v) is 1.10. The van der Waals surface area contributed by atoms with Gasteiger partial charge in [0.05, 0.1) is 0 Å². The number of aromatic nitrogens is 3. The molecule has 0 radical (unpaired) electrons. The van der Waals surface area contributed by atoms with Crippen LogP contribution in [-0.2, 0) is 0 Å². The first-order valence-electron chi connectivity index (χ1n) is 3.26. The van der Waals surface area contributed by atoms with Crippen molar-refractivity contribution in [1.82, 2.24) is 15.4 Å². The lowest BCUT2D eigenvalue weighted by molar-refractivity contribution is 0.402. The van der Waals surface area contributed by atoms with Crippen LogP contribution in [0.15, 0.2) is 33.6 Å². The minimum absolute atomic E-state index is 0.586. The summed E-state index contributed by atoms with van der Waals surface area (Å²) in [7, 11) is 0. The van der Waals surface area contributed by atoms with Crippen LogP contribution < -0.4 is 0 Å². The van der Waals surface area contributed by atoms with Gasteiger partial charge in [0.2, 0.25) is 4.67 Å². The van der Waals surface area contributed by atoms with Gasteiger partial charge in [-0.3, -0.25) is 0 Å². The van der Waals surface area contributed by atoms with Crippen LogP contribution >= 0.6 is 15.9 Å². The van der Waals surface area contributed by atoms with Gasteiger partial charge < -0.3 is 4.52 Å². The SMILES string of the molecule is Brc1cc(-c2cccnn2)no1. The summed E-state index contributed by atoms with van der Waals surface area (Å²) >= 11 is 3.15. The zero-order chi connectivity index (χ0) is 8.39. The Morgan fingerprint density at radius 2 is 2.25 bits per heavy atom. The van der Waals surface area contributed by atoms with Gasteiger partial charge in [-0.15, -0.1) is 5.10 Å². The third-order valence-electron chi connectivity index (χ3n) is 1.32. The van der Waals surface area contributed by atoms with E-state index in [2.05, 4.69) is 31.3 Å². The van der Waals surface area contributed by atoms with Gasteiger partial charge in [-0.1, -0.05) is 5.16 Å². The van der Waals surface area contributed by atoms with Crippen LogP contribution in [0.3, 0.4) is 0 Å². The van der Waals surface area contributed by atoms with E-state index >= 15 is 0 Å². The maximum atomic E-state index is 4.82. The topological polar surface area (TPSA) is 51.8 Å². The largest absolute Gasteiger partial charge is 0.349 e. The van der Waals surface area contributed by atoms with E-state index in [1.165, 1.54) is 0 Å². The molecule has 0 aliphatic rings. The molecule has 4 nitrogen and oxygen atoms in total. The van der Waals surface area contributed by atoms with E-state index in [1.807, 2.05) is 6.07 Å². The number of rotatable bonds is 1. The van der Waals surface area contributed by atoms with Crippen LogP contribution in [0.1, 0.15) is 0 Å². The quantitative estimate of drug-likeness (QED) is 0.744. The molecule has 2 heterocycles. The molecule has 2 rings (SSSR count). The Labute approximate surface area is 76.7 Å². The van der Waals surface area contributed by atoms with E-state index in [0.29, 0.717) is 16.1 Å². The average molecular weight is 226 g/mol. The summed E-state index contributed by atoms with van der Waals surface area (Å²) in [5, 5.41) is 11.4. The molecule has 2 aromatic heterocycles. The fraction of sp³-hybridized carbons (Fsp3) is 0. The highest BCUT2D eigenvalue weighted by molar-refractivity contribution is 9.10. The molecule has 0 aliphatic carbocycles. The first-order valence-corrected chi connectivity index (χ1v) is 4.06. The Balaban J connectivity index is 2.45. The molecular formula is C7H4BrN3O. The van der Waals surface area contributed by atoms with Gasteiger partial charge in [0.25, 0.3) is 0 Å². The molecule has 0 saturated heterocycles. The summed E-state index contributed by atoms with van der Waals surface area (Å²) in [6.07, 6.45) is 1.61. The summed E-state index contributed by atoms with van der Waals surface area (Å²) in [6, 6.07) is 5.35. The van der Waals surface area contributed by atoms with E-state index in [0.717, 1.165) is 0 Å². The lowest BCUT2D eigenvalue weighted by Gasteiger charge is -1.88. The molecule has 2 aromatic rings. The molecule has 12 heavy (non-hydrogen) atoms. The van der Waals surface area contributed by atoms with Crippen molar-refractivity contribution in [2.24, 2.45) is 0 Å². The van der Waals surface area contributed by atoms with E-state index in [4.69, 9.17) is 4.52 Å². The second-order valence-corrected chi connectivity index (χ2v) is 2.91. The highest BCUT2D eigenvalue weighted by Crippen LogP contribution is 2.18. The molecule has 0 bridgehead atoms. The highest BCUT2D eigenvalue weighted by Gasteiger charge is 2.04. The van der Waals surface area contributed by atoms with Gasteiger partial charge >= 0.3 is 0 Å². The van der Waals surface area contributed by atoms with E-state index in [9.17, 15) is 0 Å². The normalized spacial score (nSPS) is 10.1. The molecule has 0 spiro atoms. The summed E-state index contributed by atoms with van der Waals surface area (Å²) in [5.74, 6) is 0. The van der Waals surface area contributed by atoms with Gasteiger partial charge in [0.15, 0.2) is 0 Å². The molecule has 5 heteroatoms. The minimum Gasteiger partial charge on any atom is -0.349 e. The zero-order valence-corrected chi connectivity index (χ0v) is 7.52. The second-order valence-electron chi connectivity index (χ2n) is 2.13. The first-order chi connectivity index (χ1) is 5.86. The third kappa shape index (κ3) is 1.35. The Bertz CT molecular complexity index is 373. The second kappa shape index (κ2) is 3.02. The van der Waals surface area contributed by atoms with Crippen molar-refractivity contribution in [3.63, 3.8) is 0 Å². The smallest absolute Gasteiger partial charge is 0.202 e. The lowest BCUT2D eigenvalue weighted by atomic mass is 10.3. The van der Waals surface area contributed by atoms with E-state index < -0.39 is 0 Å². The number of hydrogen-bond donors (Lipinski definition) is 0. The average Bonchev–Trinajstić information content (AvgIpc) is 2.54. The third-order valence-corrected chi connectivity index (χ3v) is 1.69. The highest BCUT2D eigenvalue weighted by atomic mass is 79.9. The van der Waals surface area contributed by atoms with Crippen molar-refractivity contribution in [3.05, 3.63) is 29.1 Å². The predicted octanol–water partition coefficient (Wildman–Crippen LogP) is 1.89. The number of hydrogen-bond acceptors (Lipinski definition) is 4. The molecule has 60 valence electrons. The Kier molecular flexibility index (Phi) is 1.87. The molecule has 0 amide bonds. The van der Waals surface area contributed by atoms with Gasteiger partial charge in [0, 0.05) is 12.3 Å². The van der Waals surface area contributed by atoms with Crippen LogP contribution in [-0.4, -0.2) is 15.4 Å². The molecule has 0 aliphatic heterocycles. The molecule has 0 atom stereocenters. The molecule has 0 aromatic carbocycles. The van der Waals surface area contributed by atoms with Crippen LogP contribution in [0.4, 0.5) is 0 Å². The van der Waals surface area contributed by atoms with Gasteiger partial charge in [-0.05, 0) is 28.1 Å². The number of halogens is 1. The number of nitrogens with zero attached hydrogens (tertiary/aromatic N) is 3. The molecule has 0 N–H and O–H groups in total. The molecule has 0 saturated carbocycles. The van der Waals surface area contributed by atoms with E-state index in [-0.39, 0.29) is 0 Å². The minimum atomic E-state index is 0.586. The molecule has 0 unspecified atom stereocenters. The Morgan fingerprint density at radius 1 is 1.33 bits per heavy atom. The standard InChI is InChI=1S/C7H4BrN3O/c8-7-4-6(11-12-7)5-2-1-3-9-10-5/h1-4H. The maximum absolute atomic E-state index is 4.82. The van der Waals surface area contributed by atoms with Crippen LogP contribution in [0.25, 0.3) is 11.4 Å².